The standard InChI is InChI=1S/C13H14BrNS/c1-9-4-2-3-5-12(9)13(15)7-11-6-10(14)8-16-11/h2-6,8,13H,7,15H2,1H3. The summed E-state index contributed by atoms with van der Waals surface area (Å²) in [7, 11) is 0. The van der Waals surface area contributed by atoms with Gasteiger partial charge in [-0.2, -0.15) is 0 Å². The van der Waals surface area contributed by atoms with Gasteiger partial charge in [0.25, 0.3) is 0 Å². The number of nitrogens with two attached hydrogens (primary N) is 1. The van der Waals surface area contributed by atoms with E-state index in [-0.39, 0.29) is 6.04 Å². The van der Waals surface area contributed by atoms with Crippen molar-refractivity contribution in [1.82, 2.24) is 0 Å². The number of hydrogen-bond acceptors (Lipinski definition) is 2. The van der Waals surface area contributed by atoms with Crippen molar-refractivity contribution >= 4 is 27.3 Å². The molecule has 0 aliphatic heterocycles. The predicted molar refractivity (Wildman–Crippen MR) is 73.8 cm³/mol. The average Bonchev–Trinajstić information content (AvgIpc) is 2.64. The second kappa shape index (κ2) is 5.13. The third-order valence-corrected chi connectivity index (χ3v) is 4.35. The first-order valence-electron chi connectivity index (χ1n) is 5.21. The molecule has 0 bridgehead atoms. The maximum Gasteiger partial charge on any atom is 0.0346 e. The van der Waals surface area contributed by atoms with Crippen molar-refractivity contribution in [3.05, 3.63) is 56.2 Å². The van der Waals surface area contributed by atoms with Crippen LogP contribution >= 0.6 is 27.3 Å². The smallest absolute Gasteiger partial charge is 0.0346 e. The molecule has 2 N–H and O–H groups in total. The highest BCUT2D eigenvalue weighted by Gasteiger charge is 2.10. The zero-order valence-corrected chi connectivity index (χ0v) is 11.5. The molecule has 2 aromatic rings. The minimum atomic E-state index is 0.0896. The minimum absolute atomic E-state index is 0.0896. The summed E-state index contributed by atoms with van der Waals surface area (Å²) >= 11 is 5.21. The fourth-order valence-corrected chi connectivity index (χ4v) is 3.30. The maximum absolute atomic E-state index is 6.23. The van der Waals surface area contributed by atoms with Gasteiger partial charge in [0.15, 0.2) is 0 Å². The Balaban J connectivity index is 2.14. The van der Waals surface area contributed by atoms with Crippen LogP contribution in [0.4, 0.5) is 0 Å². The maximum atomic E-state index is 6.23. The number of benzene rings is 1. The van der Waals surface area contributed by atoms with Gasteiger partial charge in [0, 0.05) is 27.2 Å². The quantitative estimate of drug-likeness (QED) is 0.908. The molecule has 16 heavy (non-hydrogen) atoms. The minimum Gasteiger partial charge on any atom is -0.324 e. The molecular formula is C13H14BrNS. The lowest BCUT2D eigenvalue weighted by Crippen LogP contribution is -2.13. The number of rotatable bonds is 3. The van der Waals surface area contributed by atoms with Crippen molar-refractivity contribution in [1.29, 1.82) is 0 Å². The van der Waals surface area contributed by atoms with Gasteiger partial charge in [-0.3, -0.25) is 0 Å². The molecular weight excluding hydrogens is 282 g/mol. The Hall–Kier alpha value is -0.640. The molecule has 0 amide bonds. The van der Waals surface area contributed by atoms with Crippen molar-refractivity contribution in [2.75, 3.05) is 0 Å². The topological polar surface area (TPSA) is 26.0 Å². The fourth-order valence-electron chi connectivity index (χ4n) is 1.79. The van der Waals surface area contributed by atoms with E-state index >= 15 is 0 Å². The summed E-state index contributed by atoms with van der Waals surface area (Å²) in [6.07, 6.45) is 0.904. The van der Waals surface area contributed by atoms with Crippen LogP contribution in [-0.4, -0.2) is 0 Å². The molecule has 1 aromatic heterocycles. The first-order valence-corrected chi connectivity index (χ1v) is 6.88. The first kappa shape index (κ1) is 11.8. The Morgan fingerprint density at radius 1 is 1.38 bits per heavy atom. The van der Waals surface area contributed by atoms with E-state index in [2.05, 4.69) is 46.4 Å². The zero-order valence-electron chi connectivity index (χ0n) is 9.11. The average molecular weight is 296 g/mol. The van der Waals surface area contributed by atoms with E-state index in [0.29, 0.717) is 0 Å². The summed E-state index contributed by atoms with van der Waals surface area (Å²) < 4.78 is 1.14. The molecule has 1 nitrogen and oxygen atoms in total. The molecule has 1 atom stereocenters. The van der Waals surface area contributed by atoms with Crippen LogP contribution < -0.4 is 5.73 Å². The zero-order chi connectivity index (χ0) is 11.5. The summed E-state index contributed by atoms with van der Waals surface area (Å²) in [5.41, 5.74) is 8.74. The summed E-state index contributed by atoms with van der Waals surface area (Å²) in [5, 5.41) is 2.10. The molecule has 1 heterocycles. The molecule has 0 aliphatic carbocycles. The molecule has 3 heteroatoms. The summed E-state index contributed by atoms with van der Waals surface area (Å²) in [6, 6.07) is 10.6. The van der Waals surface area contributed by atoms with Crippen LogP contribution in [0.5, 0.6) is 0 Å². The second-order valence-corrected chi connectivity index (χ2v) is 5.81. The summed E-state index contributed by atoms with van der Waals surface area (Å²) in [5.74, 6) is 0. The molecule has 0 spiro atoms. The third kappa shape index (κ3) is 2.73. The Morgan fingerprint density at radius 2 is 2.12 bits per heavy atom. The Morgan fingerprint density at radius 3 is 2.75 bits per heavy atom. The number of halogens is 1. The van der Waals surface area contributed by atoms with Gasteiger partial charge in [0.05, 0.1) is 0 Å². The van der Waals surface area contributed by atoms with Crippen molar-refractivity contribution in [2.24, 2.45) is 5.73 Å². The van der Waals surface area contributed by atoms with Gasteiger partial charge in [-0.25, -0.2) is 0 Å². The van der Waals surface area contributed by atoms with Gasteiger partial charge < -0.3 is 5.73 Å². The van der Waals surface area contributed by atoms with E-state index in [0.717, 1.165) is 10.9 Å². The molecule has 2 rings (SSSR count). The van der Waals surface area contributed by atoms with E-state index in [4.69, 9.17) is 5.73 Å². The van der Waals surface area contributed by atoms with Gasteiger partial charge in [0.1, 0.15) is 0 Å². The largest absolute Gasteiger partial charge is 0.324 e. The predicted octanol–water partition coefficient (Wildman–Crippen LogP) is 4.06. The first-order chi connectivity index (χ1) is 7.66. The van der Waals surface area contributed by atoms with Gasteiger partial charge in [-0.1, -0.05) is 24.3 Å². The van der Waals surface area contributed by atoms with Crippen LogP contribution in [0.1, 0.15) is 22.0 Å². The van der Waals surface area contributed by atoms with E-state index in [1.807, 2.05) is 12.1 Å². The molecule has 84 valence electrons. The van der Waals surface area contributed by atoms with Gasteiger partial charge in [-0.05, 0) is 40.0 Å². The number of thiophene rings is 1. The molecule has 0 fully saturated rings. The molecule has 0 aliphatic rings. The number of hydrogen-bond donors (Lipinski definition) is 1. The second-order valence-electron chi connectivity index (χ2n) is 3.90. The highest BCUT2D eigenvalue weighted by molar-refractivity contribution is 9.10. The lowest BCUT2D eigenvalue weighted by molar-refractivity contribution is 0.724. The van der Waals surface area contributed by atoms with Gasteiger partial charge in [-0.15, -0.1) is 11.3 Å². The van der Waals surface area contributed by atoms with Crippen LogP contribution in [0.2, 0.25) is 0 Å². The highest BCUT2D eigenvalue weighted by atomic mass is 79.9. The Bertz CT molecular complexity index is 478. The molecule has 0 radical (unpaired) electrons. The van der Waals surface area contributed by atoms with Gasteiger partial charge >= 0.3 is 0 Å². The SMILES string of the molecule is Cc1ccccc1C(N)Cc1cc(Br)cs1. The van der Waals surface area contributed by atoms with Crippen molar-refractivity contribution in [2.45, 2.75) is 19.4 Å². The van der Waals surface area contributed by atoms with Crippen LogP contribution in [0.15, 0.2) is 40.2 Å². The van der Waals surface area contributed by atoms with Crippen molar-refractivity contribution in [3.8, 4) is 0 Å². The van der Waals surface area contributed by atoms with Crippen LogP contribution in [0.25, 0.3) is 0 Å². The molecule has 0 saturated heterocycles. The Kier molecular flexibility index (Phi) is 3.79. The molecule has 1 aromatic carbocycles. The van der Waals surface area contributed by atoms with Crippen LogP contribution in [0, 0.1) is 6.92 Å². The normalized spacial score (nSPS) is 12.7. The highest BCUT2D eigenvalue weighted by Crippen LogP contribution is 2.25. The Labute approximate surface area is 108 Å². The van der Waals surface area contributed by atoms with E-state index in [1.54, 1.807) is 11.3 Å². The van der Waals surface area contributed by atoms with E-state index < -0.39 is 0 Å². The van der Waals surface area contributed by atoms with E-state index in [9.17, 15) is 0 Å². The van der Waals surface area contributed by atoms with Crippen LogP contribution in [-0.2, 0) is 6.42 Å². The molecule has 1 unspecified atom stereocenters. The summed E-state index contributed by atoms with van der Waals surface area (Å²) in [4.78, 5) is 1.32. The number of aryl methyl sites for hydroxylation is 1. The van der Waals surface area contributed by atoms with Crippen LogP contribution in [0.3, 0.4) is 0 Å². The fraction of sp³-hybridized carbons (Fsp3) is 0.231. The lowest BCUT2D eigenvalue weighted by atomic mass is 9.99. The van der Waals surface area contributed by atoms with Crippen molar-refractivity contribution in [3.63, 3.8) is 0 Å². The third-order valence-electron chi connectivity index (χ3n) is 2.63. The monoisotopic (exact) mass is 295 g/mol. The lowest BCUT2D eigenvalue weighted by Gasteiger charge is -2.13. The summed E-state index contributed by atoms with van der Waals surface area (Å²) in [6.45, 7) is 2.11. The van der Waals surface area contributed by atoms with Crippen molar-refractivity contribution < 1.29 is 0 Å². The van der Waals surface area contributed by atoms with E-state index in [1.165, 1.54) is 16.0 Å². The van der Waals surface area contributed by atoms with Gasteiger partial charge in [0.2, 0.25) is 0 Å². The molecule has 0 saturated carbocycles.